The van der Waals surface area contributed by atoms with Crippen molar-refractivity contribution in [3.8, 4) is 11.5 Å². The third-order valence-corrected chi connectivity index (χ3v) is 6.00. The molecule has 4 rings (SSSR count). The van der Waals surface area contributed by atoms with Gasteiger partial charge in [0.15, 0.2) is 11.5 Å². The first kappa shape index (κ1) is 14.4. The topological polar surface area (TPSA) is 55.8 Å². The molecule has 0 radical (unpaired) electrons. The van der Waals surface area contributed by atoms with E-state index in [0.29, 0.717) is 31.3 Å². The summed E-state index contributed by atoms with van der Waals surface area (Å²) >= 11 is 0. The minimum absolute atomic E-state index is 0.232. The summed E-state index contributed by atoms with van der Waals surface area (Å²) in [6, 6.07) is 10.7. The molecule has 5 nitrogen and oxygen atoms in total. The van der Waals surface area contributed by atoms with Crippen LogP contribution in [0.5, 0.6) is 11.5 Å². The largest absolute Gasteiger partial charge is 0.486 e. The number of hydrogen-bond acceptors (Lipinski definition) is 4. The molecule has 0 spiro atoms. The molecule has 0 unspecified atom stereocenters. The molecule has 0 amide bonds. The van der Waals surface area contributed by atoms with Crippen LogP contribution in [0.2, 0.25) is 0 Å². The zero-order chi connectivity index (χ0) is 16.0. The van der Waals surface area contributed by atoms with Crippen molar-refractivity contribution in [3.63, 3.8) is 0 Å². The van der Waals surface area contributed by atoms with E-state index in [4.69, 9.17) is 9.47 Å². The zero-order valence-corrected chi connectivity index (χ0v) is 13.6. The van der Waals surface area contributed by atoms with E-state index in [9.17, 15) is 8.42 Å². The highest BCUT2D eigenvalue weighted by Gasteiger charge is 2.31. The summed E-state index contributed by atoms with van der Waals surface area (Å²) in [6.45, 7) is 3.40. The minimum Gasteiger partial charge on any atom is -0.486 e. The molecular weight excluding hydrogens is 314 g/mol. The maximum absolute atomic E-state index is 13.0. The summed E-state index contributed by atoms with van der Waals surface area (Å²) < 4.78 is 38.4. The molecule has 2 aromatic carbocycles. The average molecular weight is 331 g/mol. The molecule has 0 fully saturated rings. The number of fused-ring (bicyclic) bond motifs is 2. The molecular formula is C17H17NO4S. The van der Waals surface area contributed by atoms with Gasteiger partial charge in [0.2, 0.25) is 0 Å². The number of sulfonamides is 1. The van der Waals surface area contributed by atoms with Crippen LogP contribution in [0.15, 0.2) is 41.3 Å². The van der Waals surface area contributed by atoms with E-state index < -0.39 is 10.0 Å². The van der Waals surface area contributed by atoms with Gasteiger partial charge in [0.05, 0.1) is 10.6 Å². The molecule has 0 bridgehead atoms. The molecule has 2 aromatic rings. The van der Waals surface area contributed by atoms with Crippen LogP contribution in [0.25, 0.3) is 0 Å². The normalized spacial score (nSPS) is 16.3. The maximum Gasteiger partial charge on any atom is 0.264 e. The second-order valence-corrected chi connectivity index (χ2v) is 7.63. The van der Waals surface area contributed by atoms with Crippen LogP contribution in [0, 0.1) is 6.92 Å². The maximum atomic E-state index is 13.0. The first-order valence-corrected chi connectivity index (χ1v) is 9.02. The van der Waals surface area contributed by atoms with Gasteiger partial charge in [-0.15, -0.1) is 0 Å². The number of anilines is 1. The number of rotatable bonds is 2. The molecule has 23 heavy (non-hydrogen) atoms. The lowest BCUT2D eigenvalue weighted by Gasteiger charge is -2.22. The number of benzene rings is 2. The van der Waals surface area contributed by atoms with E-state index in [1.165, 1.54) is 4.31 Å². The Balaban J connectivity index is 1.75. The Morgan fingerprint density at radius 1 is 1.00 bits per heavy atom. The van der Waals surface area contributed by atoms with Crippen LogP contribution in [-0.2, 0) is 16.4 Å². The quantitative estimate of drug-likeness (QED) is 0.848. The van der Waals surface area contributed by atoms with Crippen molar-refractivity contribution in [2.45, 2.75) is 18.2 Å². The van der Waals surface area contributed by atoms with Gasteiger partial charge in [-0.05, 0) is 37.1 Å². The fourth-order valence-electron chi connectivity index (χ4n) is 3.06. The first-order chi connectivity index (χ1) is 11.1. The Hall–Kier alpha value is -2.21. The summed E-state index contributed by atoms with van der Waals surface area (Å²) in [6.07, 6.45) is 0.737. The van der Waals surface area contributed by atoms with E-state index in [0.717, 1.165) is 23.2 Å². The molecule has 0 atom stereocenters. The molecule has 0 saturated carbocycles. The smallest absolute Gasteiger partial charge is 0.264 e. The molecule has 2 aliphatic rings. The van der Waals surface area contributed by atoms with E-state index in [-0.39, 0.29) is 4.90 Å². The van der Waals surface area contributed by atoms with E-state index >= 15 is 0 Å². The Morgan fingerprint density at radius 2 is 1.78 bits per heavy atom. The van der Waals surface area contributed by atoms with Crippen molar-refractivity contribution >= 4 is 15.7 Å². The van der Waals surface area contributed by atoms with E-state index in [2.05, 4.69) is 6.07 Å². The third-order valence-electron chi connectivity index (χ3n) is 4.19. The van der Waals surface area contributed by atoms with Crippen molar-refractivity contribution in [1.29, 1.82) is 0 Å². The van der Waals surface area contributed by atoms with Crippen LogP contribution in [-0.4, -0.2) is 28.2 Å². The predicted molar refractivity (Wildman–Crippen MR) is 86.8 cm³/mol. The van der Waals surface area contributed by atoms with E-state index in [1.807, 2.05) is 19.1 Å². The van der Waals surface area contributed by atoms with Crippen LogP contribution >= 0.6 is 0 Å². The lowest BCUT2D eigenvalue weighted by Crippen LogP contribution is -2.29. The number of aryl methyl sites for hydroxylation is 1. The lowest BCUT2D eigenvalue weighted by atomic mass is 10.1. The molecule has 0 N–H and O–H groups in total. The summed E-state index contributed by atoms with van der Waals surface area (Å²) in [5, 5.41) is 0. The van der Waals surface area contributed by atoms with Crippen LogP contribution in [0.1, 0.15) is 11.1 Å². The average Bonchev–Trinajstić information content (AvgIpc) is 2.98. The number of nitrogens with zero attached hydrogens (tertiary/aromatic N) is 1. The van der Waals surface area contributed by atoms with Gasteiger partial charge in [0.25, 0.3) is 10.0 Å². The zero-order valence-electron chi connectivity index (χ0n) is 12.8. The standard InChI is InChI=1S/C17H17NO4S/c1-12-2-4-15-13(10-12)6-7-18(15)23(19,20)14-3-5-16-17(11-14)22-9-8-21-16/h2-5,10-11H,6-9H2,1H3. The highest BCUT2D eigenvalue weighted by molar-refractivity contribution is 7.92. The summed E-state index contributed by atoms with van der Waals surface area (Å²) in [7, 11) is -3.60. The van der Waals surface area contributed by atoms with Crippen molar-refractivity contribution in [3.05, 3.63) is 47.5 Å². The molecule has 0 saturated heterocycles. The third kappa shape index (κ3) is 2.34. The van der Waals surface area contributed by atoms with Crippen LogP contribution in [0.3, 0.4) is 0 Å². The van der Waals surface area contributed by atoms with Gasteiger partial charge >= 0.3 is 0 Å². The Bertz CT molecular complexity index is 876. The minimum atomic E-state index is -3.60. The van der Waals surface area contributed by atoms with Crippen LogP contribution in [0.4, 0.5) is 5.69 Å². The fourth-order valence-corrected chi connectivity index (χ4v) is 4.58. The van der Waals surface area contributed by atoms with Crippen molar-refractivity contribution < 1.29 is 17.9 Å². The molecule has 0 aromatic heterocycles. The van der Waals surface area contributed by atoms with Gasteiger partial charge in [0, 0.05) is 12.6 Å². The second kappa shape index (κ2) is 5.16. The Kier molecular flexibility index (Phi) is 3.23. The molecule has 6 heteroatoms. The predicted octanol–water partition coefficient (Wildman–Crippen LogP) is 2.52. The SMILES string of the molecule is Cc1ccc2c(c1)CCN2S(=O)(=O)c1ccc2c(c1)OCCO2. The van der Waals surface area contributed by atoms with Gasteiger partial charge in [-0.3, -0.25) is 4.31 Å². The highest BCUT2D eigenvalue weighted by Crippen LogP contribution is 2.37. The highest BCUT2D eigenvalue weighted by atomic mass is 32.2. The summed E-state index contributed by atoms with van der Waals surface area (Å²) in [4.78, 5) is 0.232. The molecule has 2 aliphatic heterocycles. The lowest BCUT2D eigenvalue weighted by molar-refractivity contribution is 0.171. The van der Waals surface area contributed by atoms with Crippen molar-refractivity contribution in [1.82, 2.24) is 0 Å². The van der Waals surface area contributed by atoms with Crippen molar-refractivity contribution in [2.24, 2.45) is 0 Å². The fraction of sp³-hybridized carbons (Fsp3) is 0.294. The number of hydrogen-bond donors (Lipinski definition) is 0. The molecule has 0 aliphatic carbocycles. The number of ether oxygens (including phenoxy) is 2. The summed E-state index contributed by atoms with van der Waals surface area (Å²) in [5.41, 5.74) is 2.99. The molecule has 2 heterocycles. The Labute approximate surface area is 135 Å². The molecule has 120 valence electrons. The van der Waals surface area contributed by atoms with E-state index in [1.54, 1.807) is 18.2 Å². The van der Waals surface area contributed by atoms with Gasteiger partial charge in [0.1, 0.15) is 13.2 Å². The van der Waals surface area contributed by atoms with Gasteiger partial charge in [-0.2, -0.15) is 0 Å². The first-order valence-electron chi connectivity index (χ1n) is 7.58. The van der Waals surface area contributed by atoms with Gasteiger partial charge in [-0.25, -0.2) is 8.42 Å². The van der Waals surface area contributed by atoms with Crippen LogP contribution < -0.4 is 13.8 Å². The Morgan fingerprint density at radius 3 is 2.61 bits per heavy atom. The second-order valence-electron chi connectivity index (χ2n) is 5.76. The summed E-state index contributed by atoms with van der Waals surface area (Å²) in [5.74, 6) is 1.08. The van der Waals surface area contributed by atoms with Gasteiger partial charge in [-0.1, -0.05) is 17.7 Å². The van der Waals surface area contributed by atoms with Crippen molar-refractivity contribution in [2.75, 3.05) is 24.1 Å². The van der Waals surface area contributed by atoms with Gasteiger partial charge < -0.3 is 9.47 Å². The monoisotopic (exact) mass is 331 g/mol.